The average molecular weight is 439 g/mol. The number of aromatic nitrogens is 4. The van der Waals surface area contributed by atoms with Crippen molar-refractivity contribution in [3.05, 3.63) is 47.9 Å². The first-order valence-electron chi connectivity index (χ1n) is 10.4. The van der Waals surface area contributed by atoms with Crippen molar-refractivity contribution >= 4 is 35.0 Å². The zero-order valence-corrected chi connectivity index (χ0v) is 17.7. The Hall–Kier alpha value is -3.14. The lowest BCUT2D eigenvalue weighted by Crippen LogP contribution is -2.28. The lowest BCUT2D eigenvalue weighted by atomic mass is 10.1. The van der Waals surface area contributed by atoms with Gasteiger partial charge in [0.2, 0.25) is 11.1 Å². The van der Waals surface area contributed by atoms with Gasteiger partial charge in [0, 0.05) is 17.9 Å². The van der Waals surface area contributed by atoms with Crippen LogP contribution in [0.4, 0.5) is 11.4 Å². The number of carbonyl (C=O) groups excluding carboxylic acids is 2. The standard InChI is InChI=1S/C21H22N6O3S/c28-19(13-31-21-23-24-25-27(21)17-3-1-2-4-17)22-16-5-6-18-14(11-16)7-9-26(18)20(29)15-8-10-30-12-15/h5-6,8,10-12,17H,1-4,7,9,13H2,(H,22,28). The average Bonchev–Trinajstić information content (AvgIpc) is 3.57. The fraction of sp³-hybridized carbons (Fsp3) is 0.381. The van der Waals surface area contributed by atoms with E-state index < -0.39 is 0 Å². The Bertz CT molecular complexity index is 1090. The van der Waals surface area contributed by atoms with Gasteiger partial charge in [-0.3, -0.25) is 9.59 Å². The molecule has 0 spiro atoms. The highest BCUT2D eigenvalue weighted by Crippen LogP contribution is 2.33. The van der Waals surface area contributed by atoms with E-state index >= 15 is 0 Å². The predicted octanol–water partition coefficient (Wildman–Crippen LogP) is 3.31. The Morgan fingerprint density at radius 3 is 2.90 bits per heavy atom. The fourth-order valence-corrected chi connectivity index (χ4v) is 4.96. The maximum Gasteiger partial charge on any atom is 0.261 e. The molecule has 9 nitrogen and oxygen atoms in total. The molecule has 0 saturated heterocycles. The van der Waals surface area contributed by atoms with E-state index in [4.69, 9.17) is 4.42 Å². The highest BCUT2D eigenvalue weighted by atomic mass is 32.2. The lowest BCUT2D eigenvalue weighted by molar-refractivity contribution is -0.113. The number of amides is 2. The first-order chi connectivity index (χ1) is 15.2. The summed E-state index contributed by atoms with van der Waals surface area (Å²) in [5.41, 5.74) is 3.15. The van der Waals surface area contributed by atoms with Crippen molar-refractivity contribution in [3.63, 3.8) is 0 Å². The van der Waals surface area contributed by atoms with Gasteiger partial charge in [0.15, 0.2) is 0 Å². The lowest BCUT2D eigenvalue weighted by Gasteiger charge is -2.16. The number of hydrogen-bond donors (Lipinski definition) is 1. The number of tetrazole rings is 1. The maximum atomic E-state index is 12.6. The summed E-state index contributed by atoms with van der Waals surface area (Å²) < 4.78 is 6.87. The zero-order valence-electron chi connectivity index (χ0n) is 16.9. The number of rotatable bonds is 6. The van der Waals surface area contributed by atoms with Crippen molar-refractivity contribution in [2.75, 3.05) is 22.5 Å². The Morgan fingerprint density at radius 2 is 2.10 bits per heavy atom. The smallest absolute Gasteiger partial charge is 0.261 e. The summed E-state index contributed by atoms with van der Waals surface area (Å²) in [4.78, 5) is 26.9. The van der Waals surface area contributed by atoms with E-state index in [0.29, 0.717) is 23.3 Å². The highest BCUT2D eigenvalue weighted by molar-refractivity contribution is 7.99. The first kappa shape index (κ1) is 19.8. The van der Waals surface area contributed by atoms with E-state index in [9.17, 15) is 9.59 Å². The van der Waals surface area contributed by atoms with Crippen LogP contribution in [0, 0.1) is 0 Å². The predicted molar refractivity (Wildman–Crippen MR) is 115 cm³/mol. The van der Waals surface area contributed by atoms with Gasteiger partial charge in [-0.1, -0.05) is 24.6 Å². The van der Waals surface area contributed by atoms with Gasteiger partial charge in [-0.05, 0) is 59.5 Å². The SMILES string of the molecule is O=C(CSc1nnnn1C1CCCC1)Nc1ccc2c(c1)CCN2C(=O)c1ccoc1. The number of benzene rings is 1. The molecule has 1 fully saturated rings. The zero-order chi connectivity index (χ0) is 21.2. The molecule has 1 aliphatic carbocycles. The monoisotopic (exact) mass is 438 g/mol. The molecule has 0 atom stereocenters. The normalized spacial score (nSPS) is 15.9. The minimum absolute atomic E-state index is 0.0827. The van der Waals surface area contributed by atoms with Gasteiger partial charge in [-0.15, -0.1) is 5.10 Å². The van der Waals surface area contributed by atoms with E-state index in [1.54, 1.807) is 11.0 Å². The Morgan fingerprint density at radius 1 is 1.23 bits per heavy atom. The van der Waals surface area contributed by atoms with E-state index in [1.165, 1.54) is 37.1 Å². The van der Waals surface area contributed by atoms with Crippen LogP contribution in [-0.4, -0.2) is 44.3 Å². The first-order valence-corrected chi connectivity index (χ1v) is 11.3. The molecule has 2 aromatic heterocycles. The van der Waals surface area contributed by atoms with Crippen molar-refractivity contribution in [1.29, 1.82) is 0 Å². The number of nitrogens with zero attached hydrogens (tertiary/aromatic N) is 5. The molecule has 31 heavy (non-hydrogen) atoms. The quantitative estimate of drug-likeness (QED) is 0.589. The van der Waals surface area contributed by atoms with Gasteiger partial charge in [0.25, 0.3) is 5.91 Å². The van der Waals surface area contributed by atoms with Crippen molar-refractivity contribution in [3.8, 4) is 0 Å². The third-order valence-electron chi connectivity index (χ3n) is 5.74. The van der Waals surface area contributed by atoms with Gasteiger partial charge in [0.05, 0.1) is 23.6 Å². The number of hydrogen-bond acceptors (Lipinski definition) is 7. The molecule has 2 amide bonds. The molecular weight excluding hydrogens is 416 g/mol. The molecule has 1 N–H and O–H groups in total. The topological polar surface area (TPSA) is 106 Å². The van der Waals surface area contributed by atoms with Crippen molar-refractivity contribution < 1.29 is 14.0 Å². The largest absolute Gasteiger partial charge is 0.472 e. The van der Waals surface area contributed by atoms with Crippen molar-refractivity contribution in [2.45, 2.75) is 43.3 Å². The van der Waals surface area contributed by atoms with Gasteiger partial charge >= 0.3 is 0 Å². The van der Waals surface area contributed by atoms with Crippen molar-refractivity contribution in [1.82, 2.24) is 20.2 Å². The minimum atomic E-state index is -0.116. The Kier molecular flexibility index (Phi) is 5.46. The second kappa shape index (κ2) is 8.54. The second-order valence-corrected chi connectivity index (χ2v) is 8.69. The van der Waals surface area contributed by atoms with Crippen LogP contribution in [0.1, 0.15) is 47.6 Å². The summed E-state index contributed by atoms with van der Waals surface area (Å²) in [6, 6.07) is 7.64. The van der Waals surface area contributed by atoms with Crippen LogP contribution in [0.15, 0.2) is 46.4 Å². The third-order valence-corrected chi connectivity index (χ3v) is 6.67. The van der Waals surface area contributed by atoms with Crippen LogP contribution in [0.3, 0.4) is 0 Å². The molecule has 1 aromatic carbocycles. The molecule has 2 aliphatic rings. The molecule has 0 unspecified atom stereocenters. The molecule has 3 heterocycles. The summed E-state index contributed by atoms with van der Waals surface area (Å²) in [5.74, 6) is 0.0332. The van der Waals surface area contributed by atoms with Crippen molar-refractivity contribution in [2.24, 2.45) is 0 Å². The summed E-state index contributed by atoms with van der Waals surface area (Å²) in [6.45, 7) is 0.608. The van der Waals surface area contributed by atoms with Crippen LogP contribution < -0.4 is 10.2 Å². The molecule has 1 saturated carbocycles. The molecule has 160 valence electrons. The summed E-state index contributed by atoms with van der Waals surface area (Å²) in [7, 11) is 0. The molecule has 3 aromatic rings. The molecule has 0 radical (unpaired) electrons. The number of thioether (sulfide) groups is 1. The van der Waals surface area contributed by atoms with E-state index in [0.717, 1.165) is 36.2 Å². The number of fused-ring (bicyclic) bond motifs is 1. The van der Waals surface area contributed by atoms with Gasteiger partial charge in [-0.2, -0.15) is 0 Å². The van der Waals surface area contributed by atoms with Gasteiger partial charge < -0.3 is 14.6 Å². The minimum Gasteiger partial charge on any atom is -0.472 e. The second-order valence-electron chi connectivity index (χ2n) is 7.74. The fourth-order valence-electron chi connectivity index (χ4n) is 4.22. The molecule has 10 heteroatoms. The molecule has 5 rings (SSSR count). The van der Waals surface area contributed by atoms with Gasteiger partial charge in [0.1, 0.15) is 6.26 Å². The summed E-state index contributed by atoms with van der Waals surface area (Å²) in [5, 5.41) is 15.6. The van der Waals surface area contributed by atoms with E-state index in [1.807, 2.05) is 22.9 Å². The van der Waals surface area contributed by atoms with Gasteiger partial charge in [-0.25, -0.2) is 4.68 Å². The number of anilines is 2. The highest BCUT2D eigenvalue weighted by Gasteiger charge is 2.26. The number of nitrogens with one attached hydrogen (secondary N) is 1. The molecular formula is C21H22N6O3S. The van der Waals surface area contributed by atoms with E-state index in [-0.39, 0.29) is 17.6 Å². The Balaban J connectivity index is 1.20. The number of furan rings is 1. The van der Waals surface area contributed by atoms with Crippen LogP contribution in [0.2, 0.25) is 0 Å². The summed E-state index contributed by atoms with van der Waals surface area (Å²) >= 11 is 1.35. The van der Waals surface area contributed by atoms with E-state index in [2.05, 4.69) is 20.8 Å². The maximum absolute atomic E-state index is 12.6. The third kappa shape index (κ3) is 4.07. The van der Waals surface area contributed by atoms with Crippen LogP contribution >= 0.6 is 11.8 Å². The van der Waals surface area contributed by atoms with Crippen LogP contribution in [0.5, 0.6) is 0 Å². The van der Waals surface area contributed by atoms with Crippen LogP contribution in [-0.2, 0) is 11.2 Å². The molecule has 0 bridgehead atoms. The Labute approximate surface area is 183 Å². The molecule has 1 aliphatic heterocycles. The number of carbonyl (C=O) groups is 2. The van der Waals surface area contributed by atoms with Crippen LogP contribution in [0.25, 0.3) is 0 Å². The summed E-state index contributed by atoms with van der Waals surface area (Å²) in [6.07, 6.45) is 8.24.